The smallest absolute Gasteiger partial charge is 0.131 e. The number of nitrogens with zero attached hydrogens (tertiary/aromatic N) is 1. The molecule has 3 nitrogen and oxygen atoms in total. The van der Waals surface area contributed by atoms with Crippen molar-refractivity contribution in [2.24, 2.45) is 0 Å². The molecule has 0 aliphatic carbocycles. The second-order valence-electron chi connectivity index (χ2n) is 4.00. The van der Waals surface area contributed by atoms with E-state index in [-0.39, 0.29) is 43.0 Å². The predicted molar refractivity (Wildman–Crippen MR) is 56.1 cm³/mol. The van der Waals surface area contributed by atoms with E-state index in [0.717, 1.165) is 13.0 Å². The molecule has 0 aromatic rings. The molecule has 15 heavy (non-hydrogen) atoms. The first-order valence-electron chi connectivity index (χ1n) is 5.16. The first kappa shape index (κ1) is 14.9. The van der Waals surface area contributed by atoms with Crippen LogP contribution in [0.15, 0.2) is 12.2 Å². The van der Waals surface area contributed by atoms with Gasteiger partial charge in [-0.3, -0.25) is 9.69 Å². The maximum absolute atomic E-state index is 11.1. The summed E-state index contributed by atoms with van der Waals surface area (Å²) in [5.74, 6) is 0.223. The van der Waals surface area contributed by atoms with Crippen molar-refractivity contribution in [2.75, 3.05) is 13.2 Å². The quantitative estimate of drug-likeness (QED) is 0.754. The molecule has 4 heteroatoms. The van der Waals surface area contributed by atoms with Crippen LogP contribution in [0.2, 0.25) is 0 Å². The van der Waals surface area contributed by atoms with Gasteiger partial charge >= 0.3 is 0 Å². The molecule has 0 fully saturated rings. The average Bonchev–Trinajstić information content (AvgIpc) is 2.16. The number of carbonyl (C=O) groups is 1. The summed E-state index contributed by atoms with van der Waals surface area (Å²) < 4.78 is 0. The standard InChI is InChI=1S/C11H19NO2.V/c1-9(8-13)12-6-4-3-5-11(12)7-10(2)14;/h3-4,9,11,13H,5-8H2,1-2H3;. The van der Waals surface area contributed by atoms with Crippen LogP contribution in [-0.2, 0) is 23.4 Å². The van der Waals surface area contributed by atoms with Crippen LogP contribution in [0.3, 0.4) is 0 Å². The third-order valence-electron chi connectivity index (χ3n) is 2.71. The number of hydrogen-bond donors (Lipinski definition) is 1. The van der Waals surface area contributed by atoms with Crippen LogP contribution in [0, 0.1) is 0 Å². The molecule has 1 radical (unpaired) electrons. The number of rotatable bonds is 4. The summed E-state index contributed by atoms with van der Waals surface area (Å²) in [7, 11) is 0. The summed E-state index contributed by atoms with van der Waals surface area (Å²) in [6, 6.07) is 0.420. The zero-order valence-electron chi connectivity index (χ0n) is 9.39. The molecule has 0 amide bonds. The van der Waals surface area contributed by atoms with Crippen molar-refractivity contribution in [1.82, 2.24) is 4.90 Å². The molecule has 0 aromatic heterocycles. The van der Waals surface area contributed by atoms with E-state index >= 15 is 0 Å². The third-order valence-corrected chi connectivity index (χ3v) is 2.71. The molecule has 0 aromatic carbocycles. The third kappa shape index (κ3) is 4.52. The van der Waals surface area contributed by atoms with Crippen LogP contribution in [0.5, 0.6) is 0 Å². The van der Waals surface area contributed by atoms with Crippen molar-refractivity contribution in [3.63, 3.8) is 0 Å². The number of aliphatic hydroxyl groups is 1. The topological polar surface area (TPSA) is 40.5 Å². The first-order valence-corrected chi connectivity index (χ1v) is 5.16. The zero-order valence-corrected chi connectivity index (χ0v) is 10.8. The van der Waals surface area contributed by atoms with E-state index in [9.17, 15) is 4.79 Å². The maximum atomic E-state index is 11.1. The number of aliphatic hydroxyl groups excluding tert-OH is 1. The van der Waals surface area contributed by atoms with Gasteiger partial charge in [-0.15, -0.1) is 0 Å². The molecule has 1 N–H and O–H groups in total. The maximum Gasteiger partial charge on any atom is 0.131 e. The van der Waals surface area contributed by atoms with Gasteiger partial charge in [0.25, 0.3) is 0 Å². The van der Waals surface area contributed by atoms with Crippen molar-refractivity contribution in [3.05, 3.63) is 12.2 Å². The molecule has 1 aliphatic rings. The first-order chi connectivity index (χ1) is 6.65. The molecule has 0 spiro atoms. The van der Waals surface area contributed by atoms with E-state index in [0.29, 0.717) is 6.42 Å². The van der Waals surface area contributed by atoms with Gasteiger partial charge in [-0.2, -0.15) is 0 Å². The van der Waals surface area contributed by atoms with Gasteiger partial charge in [0.1, 0.15) is 5.78 Å². The van der Waals surface area contributed by atoms with Gasteiger partial charge in [-0.05, 0) is 20.3 Å². The molecule has 1 heterocycles. The van der Waals surface area contributed by atoms with Gasteiger partial charge < -0.3 is 5.11 Å². The molecular formula is C11H19NO2V. The summed E-state index contributed by atoms with van der Waals surface area (Å²) >= 11 is 0. The molecule has 85 valence electrons. The van der Waals surface area contributed by atoms with E-state index in [4.69, 9.17) is 5.11 Å². The van der Waals surface area contributed by atoms with E-state index in [1.165, 1.54) is 0 Å². The second-order valence-corrected chi connectivity index (χ2v) is 4.00. The summed E-state index contributed by atoms with van der Waals surface area (Å²) in [5.41, 5.74) is 0. The Morgan fingerprint density at radius 3 is 2.80 bits per heavy atom. The average molecular weight is 248 g/mol. The van der Waals surface area contributed by atoms with Crippen molar-refractivity contribution >= 4 is 5.78 Å². The van der Waals surface area contributed by atoms with Crippen molar-refractivity contribution in [1.29, 1.82) is 0 Å². The number of carbonyl (C=O) groups excluding carboxylic acids is 1. The summed E-state index contributed by atoms with van der Waals surface area (Å²) in [6.07, 6.45) is 5.73. The van der Waals surface area contributed by atoms with E-state index in [1.807, 2.05) is 6.92 Å². The summed E-state index contributed by atoms with van der Waals surface area (Å²) in [6.45, 7) is 4.62. The second kappa shape index (κ2) is 7.23. The van der Waals surface area contributed by atoms with Gasteiger partial charge in [0.05, 0.1) is 6.61 Å². The number of hydrogen-bond acceptors (Lipinski definition) is 3. The molecule has 0 bridgehead atoms. The largest absolute Gasteiger partial charge is 0.395 e. The Labute approximate surface area is 103 Å². The summed E-state index contributed by atoms with van der Waals surface area (Å²) in [4.78, 5) is 13.3. The van der Waals surface area contributed by atoms with Crippen LogP contribution in [0.25, 0.3) is 0 Å². The minimum Gasteiger partial charge on any atom is -0.395 e. The molecule has 0 saturated heterocycles. The Bertz CT molecular complexity index is 231. The Morgan fingerprint density at radius 1 is 1.60 bits per heavy atom. The normalized spacial score (nSPS) is 23.3. The van der Waals surface area contributed by atoms with E-state index in [1.54, 1.807) is 6.92 Å². The van der Waals surface area contributed by atoms with Crippen LogP contribution in [0.4, 0.5) is 0 Å². The Hall–Kier alpha value is -0.0856. The van der Waals surface area contributed by atoms with Gasteiger partial charge in [0.15, 0.2) is 0 Å². The fourth-order valence-corrected chi connectivity index (χ4v) is 1.91. The van der Waals surface area contributed by atoms with Crippen LogP contribution in [-0.4, -0.2) is 41.0 Å². The molecule has 2 atom stereocenters. The van der Waals surface area contributed by atoms with Crippen molar-refractivity contribution in [3.8, 4) is 0 Å². The predicted octanol–water partition coefficient (Wildman–Crippen LogP) is 0.974. The molecule has 1 aliphatic heterocycles. The van der Waals surface area contributed by atoms with Crippen molar-refractivity contribution in [2.45, 2.75) is 38.8 Å². The SMILES string of the molecule is CC(=O)CC1CC=CCN1C(C)CO.[V]. The minimum absolute atomic E-state index is 0. The van der Waals surface area contributed by atoms with Gasteiger partial charge in [0, 0.05) is 43.6 Å². The fraction of sp³-hybridized carbons (Fsp3) is 0.727. The molecule has 0 saturated carbocycles. The molecule has 1 rings (SSSR count). The van der Waals surface area contributed by atoms with E-state index < -0.39 is 0 Å². The van der Waals surface area contributed by atoms with Crippen LogP contribution < -0.4 is 0 Å². The van der Waals surface area contributed by atoms with Gasteiger partial charge in [0.2, 0.25) is 0 Å². The fourth-order valence-electron chi connectivity index (χ4n) is 1.91. The number of Topliss-reactive ketones (excluding diaryl/α,β-unsaturated/α-hetero) is 1. The summed E-state index contributed by atoms with van der Waals surface area (Å²) in [5, 5.41) is 9.09. The van der Waals surface area contributed by atoms with Crippen LogP contribution >= 0.6 is 0 Å². The van der Waals surface area contributed by atoms with Gasteiger partial charge in [-0.1, -0.05) is 12.2 Å². The molecular weight excluding hydrogens is 229 g/mol. The van der Waals surface area contributed by atoms with Gasteiger partial charge in [-0.25, -0.2) is 0 Å². The Kier molecular flexibility index (Phi) is 7.19. The van der Waals surface area contributed by atoms with Crippen LogP contribution in [0.1, 0.15) is 26.7 Å². The Morgan fingerprint density at radius 2 is 2.27 bits per heavy atom. The van der Waals surface area contributed by atoms with E-state index in [2.05, 4.69) is 17.1 Å². The zero-order chi connectivity index (χ0) is 10.6. The molecule has 2 unspecified atom stereocenters. The number of ketones is 1. The Balaban J connectivity index is 0.00000196. The monoisotopic (exact) mass is 248 g/mol. The minimum atomic E-state index is 0. The van der Waals surface area contributed by atoms with Crippen molar-refractivity contribution < 1.29 is 28.5 Å².